The van der Waals surface area contributed by atoms with Gasteiger partial charge in [0.15, 0.2) is 16.5 Å². The lowest BCUT2D eigenvalue weighted by atomic mass is 10.0. The monoisotopic (exact) mass is 400 g/mol. The summed E-state index contributed by atoms with van der Waals surface area (Å²) in [5, 5.41) is 4.79. The number of ether oxygens (including phenoxy) is 2. The molecular weight excluding hydrogens is 380 g/mol. The molecule has 0 amide bonds. The highest BCUT2D eigenvalue weighted by atomic mass is 35.5. The Bertz CT molecular complexity index is 1020. The maximum atomic E-state index is 12.2. The summed E-state index contributed by atoms with van der Waals surface area (Å²) in [6.07, 6.45) is 3.31. The van der Waals surface area contributed by atoms with Gasteiger partial charge in [-0.25, -0.2) is 14.3 Å². The average Bonchev–Trinajstić information content (AvgIpc) is 3.13. The van der Waals surface area contributed by atoms with Gasteiger partial charge in [-0.3, -0.25) is 0 Å². The minimum absolute atomic E-state index is 0.275. The van der Waals surface area contributed by atoms with E-state index in [2.05, 4.69) is 15.0 Å². The van der Waals surface area contributed by atoms with E-state index in [9.17, 15) is 4.79 Å². The number of hydrogen-bond donors (Lipinski definition) is 0. The molecule has 0 saturated carbocycles. The Morgan fingerprint density at radius 3 is 2.79 bits per heavy atom. The fourth-order valence-corrected chi connectivity index (χ4v) is 3.81. The molecule has 1 aliphatic heterocycles. The van der Waals surface area contributed by atoms with E-state index in [1.54, 1.807) is 14.0 Å². The molecule has 3 heterocycles. The standard InChI is InChI=1S/C20H21ClN4O3/c1-3-28-20(26)16-11-22-19-17-15(18(21)23-25(16)19)5-4-10-24(17)12-13-6-8-14(27-2)9-7-13/h6-9,11H,3-5,10,12H2,1-2H3. The molecule has 28 heavy (non-hydrogen) atoms. The molecule has 0 N–H and O–H groups in total. The molecular formula is C20H21ClN4O3. The van der Waals surface area contributed by atoms with Crippen molar-refractivity contribution in [2.75, 3.05) is 25.2 Å². The molecule has 0 bridgehead atoms. The van der Waals surface area contributed by atoms with Crippen LogP contribution in [-0.2, 0) is 17.7 Å². The Balaban J connectivity index is 1.76. The molecule has 8 heteroatoms. The fourth-order valence-electron chi connectivity index (χ4n) is 3.56. The molecule has 0 saturated heterocycles. The van der Waals surface area contributed by atoms with Crippen molar-refractivity contribution < 1.29 is 14.3 Å². The smallest absolute Gasteiger partial charge is 0.358 e. The molecule has 0 radical (unpaired) electrons. The lowest BCUT2D eigenvalue weighted by Crippen LogP contribution is -2.30. The van der Waals surface area contributed by atoms with Gasteiger partial charge in [0.25, 0.3) is 0 Å². The second-order valence-corrected chi connectivity index (χ2v) is 6.95. The molecule has 0 atom stereocenters. The second-order valence-electron chi connectivity index (χ2n) is 6.59. The van der Waals surface area contributed by atoms with Gasteiger partial charge in [0.05, 0.1) is 25.6 Å². The molecule has 7 nitrogen and oxygen atoms in total. The van der Waals surface area contributed by atoms with E-state index in [1.165, 1.54) is 10.7 Å². The lowest BCUT2D eigenvalue weighted by Gasteiger charge is -2.31. The number of carbonyl (C=O) groups excluding carboxylic acids is 1. The summed E-state index contributed by atoms with van der Waals surface area (Å²) in [5.41, 5.74) is 3.94. The van der Waals surface area contributed by atoms with Crippen molar-refractivity contribution in [3.05, 3.63) is 52.4 Å². The van der Waals surface area contributed by atoms with Crippen LogP contribution in [0.3, 0.4) is 0 Å². The van der Waals surface area contributed by atoms with Crippen LogP contribution in [0.5, 0.6) is 5.75 Å². The van der Waals surface area contributed by atoms with Crippen LogP contribution < -0.4 is 9.64 Å². The fraction of sp³-hybridized carbons (Fsp3) is 0.350. The second kappa shape index (κ2) is 7.67. The molecule has 1 aliphatic rings. The van der Waals surface area contributed by atoms with Crippen LogP contribution in [-0.4, -0.2) is 40.8 Å². The molecule has 0 aliphatic carbocycles. The van der Waals surface area contributed by atoms with Crippen LogP contribution >= 0.6 is 11.6 Å². The lowest BCUT2D eigenvalue weighted by molar-refractivity contribution is 0.0516. The molecule has 146 valence electrons. The minimum Gasteiger partial charge on any atom is -0.497 e. The van der Waals surface area contributed by atoms with Gasteiger partial charge in [-0.15, -0.1) is 0 Å². The van der Waals surface area contributed by atoms with Crippen LogP contribution in [0.15, 0.2) is 30.5 Å². The number of nitrogens with zero attached hydrogens (tertiary/aromatic N) is 4. The van der Waals surface area contributed by atoms with E-state index in [-0.39, 0.29) is 12.3 Å². The van der Waals surface area contributed by atoms with E-state index in [1.807, 2.05) is 24.3 Å². The SMILES string of the molecule is CCOC(=O)c1cnc2c3c(c(Cl)nn12)CCCN3Cc1ccc(OC)cc1. The summed E-state index contributed by atoms with van der Waals surface area (Å²) in [7, 11) is 1.65. The van der Waals surface area contributed by atoms with Gasteiger partial charge in [0.1, 0.15) is 5.75 Å². The van der Waals surface area contributed by atoms with Gasteiger partial charge in [0.2, 0.25) is 0 Å². The van der Waals surface area contributed by atoms with Crippen molar-refractivity contribution in [2.45, 2.75) is 26.3 Å². The summed E-state index contributed by atoms with van der Waals surface area (Å²) in [6, 6.07) is 7.98. The predicted molar refractivity (Wildman–Crippen MR) is 106 cm³/mol. The van der Waals surface area contributed by atoms with E-state index in [4.69, 9.17) is 21.1 Å². The van der Waals surface area contributed by atoms with Crippen LogP contribution in [0, 0.1) is 0 Å². The first kappa shape index (κ1) is 18.6. The van der Waals surface area contributed by atoms with Crippen LogP contribution in [0.2, 0.25) is 5.15 Å². The molecule has 2 aromatic heterocycles. The molecule has 3 aromatic rings. The zero-order chi connectivity index (χ0) is 19.7. The Hall–Kier alpha value is -2.80. The van der Waals surface area contributed by atoms with Crippen molar-refractivity contribution in [1.82, 2.24) is 14.6 Å². The van der Waals surface area contributed by atoms with E-state index in [0.717, 1.165) is 42.0 Å². The van der Waals surface area contributed by atoms with Crippen LogP contribution in [0.1, 0.15) is 35.0 Å². The summed E-state index contributed by atoms with van der Waals surface area (Å²) < 4.78 is 11.8. The van der Waals surface area contributed by atoms with Crippen molar-refractivity contribution in [3.8, 4) is 5.75 Å². The zero-order valence-corrected chi connectivity index (χ0v) is 16.6. The topological polar surface area (TPSA) is 69.0 Å². The molecule has 4 rings (SSSR count). The first-order valence-electron chi connectivity index (χ1n) is 9.23. The summed E-state index contributed by atoms with van der Waals surface area (Å²) in [5.74, 6) is 0.362. The highest BCUT2D eigenvalue weighted by Gasteiger charge is 2.27. The van der Waals surface area contributed by atoms with Gasteiger partial charge in [-0.2, -0.15) is 5.10 Å². The number of fused-ring (bicyclic) bond motifs is 3. The van der Waals surface area contributed by atoms with Crippen molar-refractivity contribution in [1.29, 1.82) is 0 Å². The maximum Gasteiger partial charge on any atom is 0.358 e. The highest BCUT2D eigenvalue weighted by molar-refractivity contribution is 6.30. The Labute approximate surface area is 167 Å². The number of benzene rings is 1. The van der Waals surface area contributed by atoms with Crippen LogP contribution in [0.25, 0.3) is 5.65 Å². The molecule has 0 spiro atoms. The van der Waals surface area contributed by atoms with Gasteiger partial charge in [0, 0.05) is 18.7 Å². The molecule has 1 aromatic carbocycles. The third kappa shape index (κ3) is 3.26. The summed E-state index contributed by atoms with van der Waals surface area (Å²) in [6.45, 7) is 3.62. The number of aromatic nitrogens is 3. The van der Waals surface area contributed by atoms with E-state index in [0.29, 0.717) is 17.3 Å². The number of hydrogen-bond acceptors (Lipinski definition) is 6. The van der Waals surface area contributed by atoms with Gasteiger partial charge in [-0.1, -0.05) is 23.7 Å². The number of imidazole rings is 1. The first-order valence-corrected chi connectivity index (χ1v) is 9.61. The summed E-state index contributed by atoms with van der Waals surface area (Å²) in [4.78, 5) is 19.0. The number of carbonyl (C=O) groups is 1. The van der Waals surface area contributed by atoms with Crippen LogP contribution in [0.4, 0.5) is 5.69 Å². The average molecular weight is 401 g/mol. The highest BCUT2D eigenvalue weighted by Crippen LogP contribution is 2.36. The van der Waals surface area contributed by atoms with E-state index >= 15 is 0 Å². The normalized spacial score (nSPS) is 13.5. The molecule has 0 fully saturated rings. The number of rotatable bonds is 5. The van der Waals surface area contributed by atoms with Gasteiger partial charge in [-0.05, 0) is 37.5 Å². The number of esters is 1. The summed E-state index contributed by atoms with van der Waals surface area (Å²) >= 11 is 6.48. The quantitative estimate of drug-likeness (QED) is 0.610. The van der Waals surface area contributed by atoms with Crippen molar-refractivity contribution in [3.63, 3.8) is 0 Å². The third-order valence-electron chi connectivity index (χ3n) is 4.86. The Kier molecular flexibility index (Phi) is 5.09. The maximum absolute atomic E-state index is 12.2. The minimum atomic E-state index is -0.462. The number of anilines is 1. The van der Waals surface area contributed by atoms with Gasteiger partial charge >= 0.3 is 5.97 Å². The Morgan fingerprint density at radius 2 is 2.07 bits per heavy atom. The third-order valence-corrected chi connectivity index (χ3v) is 5.16. The number of halogens is 1. The largest absolute Gasteiger partial charge is 0.497 e. The first-order chi connectivity index (χ1) is 13.6. The molecule has 0 unspecified atom stereocenters. The number of methoxy groups -OCH3 is 1. The predicted octanol–water partition coefficient (Wildman–Crippen LogP) is 3.52. The Morgan fingerprint density at radius 1 is 1.29 bits per heavy atom. The van der Waals surface area contributed by atoms with Crippen molar-refractivity contribution >= 4 is 28.9 Å². The zero-order valence-electron chi connectivity index (χ0n) is 15.8. The van der Waals surface area contributed by atoms with Crippen molar-refractivity contribution in [2.24, 2.45) is 0 Å². The van der Waals surface area contributed by atoms with E-state index < -0.39 is 5.97 Å². The van der Waals surface area contributed by atoms with Gasteiger partial charge < -0.3 is 14.4 Å².